The summed E-state index contributed by atoms with van der Waals surface area (Å²) in [5, 5.41) is 0. The zero-order chi connectivity index (χ0) is 16.0. The van der Waals surface area contributed by atoms with E-state index in [9.17, 15) is 4.79 Å². The molecule has 1 aliphatic heterocycles. The molecule has 2 heteroatoms. The van der Waals surface area contributed by atoms with Crippen molar-refractivity contribution in [3.63, 3.8) is 0 Å². The lowest BCUT2D eigenvalue weighted by Gasteiger charge is -2.58. The van der Waals surface area contributed by atoms with Gasteiger partial charge in [0.25, 0.3) is 0 Å². The first-order valence-corrected chi connectivity index (χ1v) is 8.87. The maximum absolute atomic E-state index is 11.2. The van der Waals surface area contributed by atoms with Gasteiger partial charge in [0.2, 0.25) is 0 Å². The predicted molar refractivity (Wildman–Crippen MR) is 89.4 cm³/mol. The molecule has 0 N–H and O–H groups in total. The molecule has 0 saturated heterocycles. The predicted octanol–water partition coefficient (Wildman–Crippen LogP) is 5.05. The molecule has 0 aromatic carbocycles. The molecule has 0 amide bonds. The summed E-state index contributed by atoms with van der Waals surface area (Å²) in [6.45, 7) is 12.4. The summed E-state index contributed by atoms with van der Waals surface area (Å²) in [6, 6.07) is 0. The summed E-state index contributed by atoms with van der Waals surface area (Å²) in [5.74, 6) is 1.24. The van der Waals surface area contributed by atoms with Crippen molar-refractivity contribution in [2.75, 3.05) is 6.61 Å². The average Bonchev–Trinajstić information content (AvgIpc) is 2.82. The van der Waals surface area contributed by atoms with Crippen LogP contribution in [-0.4, -0.2) is 12.6 Å². The Kier molecular flexibility index (Phi) is 3.99. The van der Waals surface area contributed by atoms with Crippen molar-refractivity contribution in [1.29, 1.82) is 0 Å². The summed E-state index contributed by atoms with van der Waals surface area (Å²) in [6.07, 6.45) is 10.3. The number of allylic oxidation sites excluding steroid dienone is 1. The lowest BCUT2D eigenvalue weighted by molar-refractivity contribution is -0.134. The minimum Gasteiger partial charge on any atom is -0.458 e. The van der Waals surface area contributed by atoms with Crippen molar-refractivity contribution in [2.24, 2.45) is 22.7 Å². The van der Waals surface area contributed by atoms with Crippen LogP contribution in [0.5, 0.6) is 0 Å². The number of ether oxygens (including phenoxy) is 1. The molecule has 2 saturated carbocycles. The minimum atomic E-state index is -0.166. The number of fused-ring (bicyclic) bond motifs is 1. The largest absolute Gasteiger partial charge is 0.458 e. The van der Waals surface area contributed by atoms with E-state index in [0.717, 1.165) is 18.8 Å². The number of hydrogen-bond donors (Lipinski definition) is 0. The van der Waals surface area contributed by atoms with Crippen molar-refractivity contribution >= 4 is 5.97 Å². The first-order chi connectivity index (χ1) is 10.3. The van der Waals surface area contributed by atoms with E-state index in [4.69, 9.17) is 4.74 Å². The van der Waals surface area contributed by atoms with Crippen LogP contribution in [0.4, 0.5) is 0 Å². The Morgan fingerprint density at radius 2 is 2.09 bits per heavy atom. The third-order valence-electron chi connectivity index (χ3n) is 6.79. The third-order valence-corrected chi connectivity index (χ3v) is 6.79. The van der Waals surface area contributed by atoms with Gasteiger partial charge in [0.15, 0.2) is 0 Å². The molecule has 2 aliphatic carbocycles. The minimum absolute atomic E-state index is 0.166. The number of carbonyl (C=O) groups excluding carboxylic acids is 1. The van der Waals surface area contributed by atoms with Crippen LogP contribution in [0.15, 0.2) is 23.8 Å². The second kappa shape index (κ2) is 5.54. The highest BCUT2D eigenvalue weighted by atomic mass is 16.5. The average molecular weight is 302 g/mol. The van der Waals surface area contributed by atoms with Gasteiger partial charge >= 0.3 is 5.97 Å². The van der Waals surface area contributed by atoms with Gasteiger partial charge in [-0.2, -0.15) is 0 Å². The molecule has 3 aliphatic rings. The molecule has 0 unspecified atom stereocenters. The Morgan fingerprint density at radius 3 is 2.77 bits per heavy atom. The molecule has 0 radical (unpaired) electrons. The Hall–Kier alpha value is -1.05. The summed E-state index contributed by atoms with van der Waals surface area (Å²) in [4.78, 5) is 11.2. The van der Waals surface area contributed by atoms with E-state index in [1.165, 1.54) is 43.3 Å². The molecule has 0 aromatic rings. The van der Waals surface area contributed by atoms with E-state index in [1.807, 2.05) is 0 Å². The van der Waals surface area contributed by atoms with Gasteiger partial charge in [-0.3, -0.25) is 0 Å². The van der Waals surface area contributed by atoms with E-state index in [2.05, 4.69) is 27.4 Å². The fraction of sp³-hybridized carbons (Fsp3) is 0.750. The van der Waals surface area contributed by atoms with Crippen molar-refractivity contribution in [3.05, 3.63) is 23.8 Å². The molecule has 22 heavy (non-hydrogen) atoms. The van der Waals surface area contributed by atoms with E-state index in [1.54, 1.807) is 6.08 Å². The standard InChI is InChI=1S/C20H30O2/c1-14-6-9-17-19(2,3)10-5-11-20(17,4)16(14)8-7-15-12-18(21)22-13-15/h12,16-17H,1,5-11,13H2,2-4H3/t16-,17+,20+/m0/s1. The zero-order valence-corrected chi connectivity index (χ0v) is 14.4. The topological polar surface area (TPSA) is 26.3 Å². The van der Waals surface area contributed by atoms with Gasteiger partial charge in [0.05, 0.1) is 0 Å². The molecule has 2 nitrogen and oxygen atoms in total. The summed E-state index contributed by atoms with van der Waals surface area (Å²) in [7, 11) is 0. The van der Waals surface area contributed by atoms with Crippen molar-refractivity contribution < 1.29 is 9.53 Å². The normalized spacial score (nSPS) is 37.5. The van der Waals surface area contributed by atoms with Crippen LogP contribution in [0.2, 0.25) is 0 Å². The lowest BCUT2D eigenvalue weighted by atomic mass is 9.47. The monoisotopic (exact) mass is 302 g/mol. The van der Waals surface area contributed by atoms with E-state index in [0.29, 0.717) is 23.4 Å². The molecule has 0 aromatic heterocycles. The van der Waals surface area contributed by atoms with Gasteiger partial charge in [0.1, 0.15) is 6.61 Å². The maximum atomic E-state index is 11.2. The third kappa shape index (κ3) is 2.66. The Labute approximate surface area is 135 Å². The van der Waals surface area contributed by atoms with Crippen molar-refractivity contribution in [2.45, 2.75) is 65.7 Å². The van der Waals surface area contributed by atoms with Gasteiger partial charge in [-0.15, -0.1) is 0 Å². The van der Waals surface area contributed by atoms with E-state index < -0.39 is 0 Å². The van der Waals surface area contributed by atoms with Gasteiger partial charge in [0, 0.05) is 6.08 Å². The fourth-order valence-electron chi connectivity index (χ4n) is 5.70. The number of hydrogen-bond acceptors (Lipinski definition) is 2. The zero-order valence-electron chi connectivity index (χ0n) is 14.4. The Bertz CT molecular complexity index is 514. The number of esters is 1. The SMILES string of the molecule is C=C1CC[C@@H]2C(C)(C)CCC[C@]2(C)[C@H]1CCC1=CC(=O)OC1. The molecule has 122 valence electrons. The Balaban J connectivity index is 1.77. The second-order valence-electron chi connectivity index (χ2n) is 8.60. The quantitative estimate of drug-likeness (QED) is 0.539. The number of rotatable bonds is 3. The second-order valence-corrected chi connectivity index (χ2v) is 8.60. The van der Waals surface area contributed by atoms with E-state index >= 15 is 0 Å². The highest BCUT2D eigenvalue weighted by Gasteiger charge is 2.52. The first-order valence-electron chi connectivity index (χ1n) is 8.87. The van der Waals surface area contributed by atoms with Crippen molar-refractivity contribution in [1.82, 2.24) is 0 Å². The van der Waals surface area contributed by atoms with Gasteiger partial charge in [-0.05, 0) is 66.8 Å². The van der Waals surface area contributed by atoms with Gasteiger partial charge in [-0.1, -0.05) is 39.3 Å². The highest BCUT2D eigenvalue weighted by Crippen LogP contribution is 2.61. The lowest BCUT2D eigenvalue weighted by Crippen LogP contribution is -2.49. The molecular weight excluding hydrogens is 272 g/mol. The first kappa shape index (κ1) is 15.8. The molecule has 0 bridgehead atoms. The molecular formula is C20H30O2. The summed E-state index contributed by atoms with van der Waals surface area (Å²) >= 11 is 0. The van der Waals surface area contributed by atoms with Gasteiger partial charge < -0.3 is 4.74 Å². The van der Waals surface area contributed by atoms with Gasteiger partial charge in [-0.25, -0.2) is 4.79 Å². The van der Waals surface area contributed by atoms with Crippen LogP contribution >= 0.6 is 0 Å². The number of cyclic esters (lactones) is 1. The maximum Gasteiger partial charge on any atom is 0.331 e. The summed E-state index contributed by atoms with van der Waals surface area (Å²) < 4.78 is 5.04. The van der Waals surface area contributed by atoms with Crippen LogP contribution in [0.25, 0.3) is 0 Å². The van der Waals surface area contributed by atoms with Crippen LogP contribution in [0.3, 0.4) is 0 Å². The molecule has 1 heterocycles. The fourth-order valence-corrected chi connectivity index (χ4v) is 5.70. The highest BCUT2D eigenvalue weighted by molar-refractivity contribution is 5.85. The van der Waals surface area contributed by atoms with Crippen LogP contribution in [-0.2, 0) is 9.53 Å². The molecule has 3 atom stereocenters. The number of carbonyl (C=O) groups is 1. The summed E-state index contributed by atoms with van der Waals surface area (Å²) in [5.41, 5.74) is 3.46. The smallest absolute Gasteiger partial charge is 0.331 e. The molecule has 0 spiro atoms. The van der Waals surface area contributed by atoms with Crippen LogP contribution in [0.1, 0.15) is 65.7 Å². The van der Waals surface area contributed by atoms with Crippen LogP contribution < -0.4 is 0 Å². The van der Waals surface area contributed by atoms with E-state index in [-0.39, 0.29) is 5.97 Å². The molecule has 3 rings (SSSR count). The molecule has 2 fully saturated rings. The Morgan fingerprint density at radius 1 is 1.32 bits per heavy atom. The van der Waals surface area contributed by atoms with Crippen LogP contribution in [0, 0.1) is 22.7 Å². The van der Waals surface area contributed by atoms with Crippen molar-refractivity contribution in [3.8, 4) is 0 Å².